The molecule has 16 nitrogen and oxygen atoms in total. The molecule has 55 heavy (non-hydrogen) atoms. The number of unbranched alkanes of at least 4 members (excludes halogenated alkanes) is 4. The van der Waals surface area contributed by atoms with Gasteiger partial charge in [0.05, 0.1) is 0 Å². The molecule has 0 bridgehead atoms. The molecule has 1 aromatic rings. The smallest absolute Gasteiger partial charge is 0.437 e. The van der Waals surface area contributed by atoms with E-state index in [9.17, 15) is 24.0 Å². The number of ether oxygens (including phenoxy) is 1. The molecule has 1 rings (SSSR count). The summed E-state index contributed by atoms with van der Waals surface area (Å²) in [5.74, 6) is -1.12. The molecule has 0 aromatic heterocycles. The van der Waals surface area contributed by atoms with E-state index < -0.39 is 50.3 Å². The Morgan fingerprint density at radius 2 is 1.56 bits per heavy atom. The Kier molecular flexibility index (Phi) is 21.4. The number of nitrogens with one attached hydrogen (secondary N) is 4. The van der Waals surface area contributed by atoms with Crippen molar-refractivity contribution in [3.05, 3.63) is 35.9 Å². The third-order valence-corrected chi connectivity index (χ3v) is 13.1. The summed E-state index contributed by atoms with van der Waals surface area (Å²) in [6.07, 6.45) is 1.46. The summed E-state index contributed by atoms with van der Waals surface area (Å²) in [5, 5.41) is 28.1. The number of hydrogen-bond acceptors (Lipinski definition) is 8. The Labute approximate surface area is 327 Å². The highest BCUT2D eigenvalue weighted by Crippen LogP contribution is 2.37. The monoisotopic (exact) mass is 791 g/mol. The van der Waals surface area contributed by atoms with Gasteiger partial charge in [0, 0.05) is 38.3 Å². The van der Waals surface area contributed by atoms with Crippen molar-refractivity contribution in [1.29, 1.82) is 0 Å². The number of nitrogens with zero attached hydrogens (tertiary/aromatic N) is 3. The number of carbonyl (C=O) groups excluding carboxylic acids is 3. The van der Waals surface area contributed by atoms with Crippen LogP contribution in [0, 0.1) is 0 Å². The predicted molar refractivity (Wildman–Crippen MR) is 216 cm³/mol. The van der Waals surface area contributed by atoms with E-state index in [1.54, 1.807) is 20.8 Å². The molecule has 0 fully saturated rings. The van der Waals surface area contributed by atoms with E-state index in [0.717, 1.165) is 25.1 Å². The van der Waals surface area contributed by atoms with Crippen LogP contribution in [0.5, 0.6) is 0 Å². The van der Waals surface area contributed by atoms with Gasteiger partial charge in [-0.1, -0.05) is 57.5 Å². The number of guanidine groups is 1. The second-order valence-corrected chi connectivity index (χ2v) is 20.7. The standard InChI is InChI=1S/C38H65N7O9Si/c1-28(41-34(48)49)22-26-45(27-29-19-13-12-14-20-29)25-18-17-23-39-31(47)32(54-55(8,9)38(5,6)7)42-30(46)21-15-10-11-16-24-40-33(43-35(50)51)44-36(52)53-37(2,3)4/h12-14,19-20,24,28,32,41H,10-11,15-18,21-23,25-27H2,1-9H3,(H,39,47)(H,42,46)(H,48,49)(H,50,51)(H,43,44,52). The summed E-state index contributed by atoms with van der Waals surface area (Å²) in [6.45, 7) is 19.6. The lowest BCUT2D eigenvalue weighted by Gasteiger charge is -2.38. The summed E-state index contributed by atoms with van der Waals surface area (Å²) in [6, 6.07) is 9.89. The zero-order valence-electron chi connectivity index (χ0n) is 34.2. The largest absolute Gasteiger partial charge is 0.465 e. The lowest BCUT2D eigenvalue weighted by atomic mass is 10.1. The fraction of sp³-hybridized carbons (Fsp3) is 0.658. The normalized spacial score (nSPS) is 13.6. The van der Waals surface area contributed by atoms with Gasteiger partial charge in [0.1, 0.15) is 5.60 Å². The topological polar surface area (TPSA) is 220 Å². The molecule has 310 valence electrons. The van der Waals surface area contributed by atoms with E-state index in [0.29, 0.717) is 51.6 Å². The van der Waals surface area contributed by atoms with Gasteiger partial charge >= 0.3 is 18.3 Å². The van der Waals surface area contributed by atoms with E-state index in [4.69, 9.17) is 19.4 Å². The molecule has 0 aliphatic heterocycles. The number of carboxylic acid groups (broad SMARTS) is 2. The number of hydrogen-bond donors (Lipinski definition) is 6. The maximum Gasteiger partial charge on any atom is 0.437 e. The summed E-state index contributed by atoms with van der Waals surface area (Å²) in [4.78, 5) is 70.2. The molecule has 0 heterocycles. The maximum atomic E-state index is 13.4. The van der Waals surface area contributed by atoms with Gasteiger partial charge in [-0.05, 0) is 96.5 Å². The van der Waals surface area contributed by atoms with Crippen molar-refractivity contribution in [3.8, 4) is 0 Å². The van der Waals surface area contributed by atoms with E-state index in [2.05, 4.69) is 63.7 Å². The van der Waals surface area contributed by atoms with E-state index in [1.807, 2.05) is 43.5 Å². The van der Waals surface area contributed by atoms with Crippen LogP contribution in [-0.4, -0.2) is 103 Å². The van der Waals surface area contributed by atoms with Gasteiger partial charge in [-0.25, -0.2) is 19.4 Å². The van der Waals surface area contributed by atoms with Gasteiger partial charge in [-0.3, -0.25) is 19.8 Å². The van der Waals surface area contributed by atoms with E-state index in [1.165, 1.54) is 6.21 Å². The number of aliphatic imine (C=N–C) groups is 2. The first-order valence-corrected chi connectivity index (χ1v) is 21.8. The van der Waals surface area contributed by atoms with Gasteiger partial charge in [-0.15, -0.1) is 4.99 Å². The zero-order valence-corrected chi connectivity index (χ0v) is 35.2. The van der Waals surface area contributed by atoms with Crippen molar-refractivity contribution in [2.45, 2.75) is 142 Å². The Morgan fingerprint density at radius 3 is 2.16 bits per heavy atom. The minimum atomic E-state index is -2.45. The van der Waals surface area contributed by atoms with Gasteiger partial charge < -0.3 is 35.3 Å². The minimum absolute atomic E-state index is 0.172. The van der Waals surface area contributed by atoms with Crippen LogP contribution in [0.4, 0.5) is 14.4 Å². The third-order valence-electron chi connectivity index (χ3n) is 8.71. The summed E-state index contributed by atoms with van der Waals surface area (Å²) >= 11 is 0. The fourth-order valence-electron chi connectivity index (χ4n) is 4.78. The number of amides is 5. The van der Waals surface area contributed by atoms with Crippen molar-refractivity contribution in [1.82, 2.24) is 26.2 Å². The SMILES string of the molecule is CC(CCN(CCCCNC(=O)C(NC(=O)CCCCCC=N/C(=N/C(=O)OC(C)(C)C)NC(=O)O)O[Si](C)(C)C(C)(C)C)Cc1ccccc1)NC(=O)O. The Bertz CT molecular complexity index is 1430. The Morgan fingerprint density at radius 1 is 0.891 bits per heavy atom. The molecular weight excluding hydrogens is 727 g/mol. The van der Waals surface area contributed by atoms with Crippen LogP contribution in [0.1, 0.15) is 105 Å². The minimum Gasteiger partial charge on any atom is -0.465 e. The Balaban J connectivity index is 2.70. The lowest BCUT2D eigenvalue weighted by Crippen LogP contribution is -2.55. The van der Waals surface area contributed by atoms with E-state index >= 15 is 0 Å². The molecule has 2 atom stereocenters. The van der Waals surface area contributed by atoms with Crippen LogP contribution in [0.15, 0.2) is 40.3 Å². The predicted octanol–water partition coefficient (Wildman–Crippen LogP) is 6.48. The molecular formula is C38H65N7O9Si. The summed E-state index contributed by atoms with van der Waals surface area (Å²) in [5.41, 5.74) is 0.361. The Hall–Kier alpha value is -4.35. The quantitative estimate of drug-likeness (QED) is 0.0262. The number of carbonyl (C=O) groups is 5. The van der Waals surface area contributed by atoms with Crippen molar-refractivity contribution in [2.24, 2.45) is 9.98 Å². The molecule has 0 spiro atoms. The molecule has 0 aliphatic carbocycles. The van der Waals surface area contributed by atoms with Crippen LogP contribution < -0.4 is 21.3 Å². The summed E-state index contributed by atoms with van der Waals surface area (Å²) < 4.78 is 11.4. The first-order chi connectivity index (χ1) is 25.6. The van der Waals surface area contributed by atoms with Crippen LogP contribution >= 0.6 is 0 Å². The van der Waals surface area contributed by atoms with Gasteiger partial charge in [-0.2, -0.15) is 0 Å². The number of rotatable bonds is 21. The molecule has 0 aliphatic rings. The molecule has 17 heteroatoms. The molecule has 1 aromatic carbocycles. The van der Waals surface area contributed by atoms with Crippen LogP contribution in [0.2, 0.25) is 18.1 Å². The highest BCUT2D eigenvalue weighted by molar-refractivity contribution is 6.74. The highest BCUT2D eigenvalue weighted by atomic mass is 28.4. The molecule has 2 unspecified atom stereocenters. The highest BCUT2D eigenvalue weighted by Gasteiger charge is 2.41. The first-order valence-electron chi connectivity index (χ1n) is 18.9. The van der Waals surface area contributed by atoms with Crippen molar-refractivity contribution in [3.63, 3.8) is 0 Å². The average molecular weight is 792 g/mol. The first kappa shape index (κ1) is 48.7. The van der Waals surface area contributed by atoms with E-state index in [-0.39, 0.29) is 23.4 Å². The molecule has 0 saturated carbocycles. The van der Waals surface area contributed by atoms with Gasteiger partial charge in [0.25, 0.3) is 5.91 Å². The molecule has 0 saturated heterocycles. The molecule has 0 radical (unpaired) electrons. The second-order valence-electron chi connectivity index (χ2n) is 16.0. The number of benzene rings is 1. The fourth-order valence-corrected chi connectivity index (χ4v) is 5.89. The van der Waals surface area contributed by atoms with Crippen molar-refractivity contribution >= 4 is 50.6 Å². The summed E-state index contributed by atoms with van der Waals surface area (Å²) in [7, 11) is -2.45. The molecule has 5 amide bonds. The van der Waals surface area contributed by atoms with Crippen LogP contribution in [0.25, 0.3) is 0 Å². The van der Waals surface area contributed by atoms with Gasteiger partial charge in [0.15, 0.2) is 8.32 Å². The second kappa shape index (κ2) is 24.2. The van der Waals surface area contributed by atoms with Crippen LogP contribution in [-0.2, 0) is 25.3 Å². The average Bonchev–Trinajstić information content (AvgIpc) is 3.04. The van der Waals surface area contributed by atoms with Gasteiger partial charge in [0.2, 0.25) is 18.1 Å². The van der Waals surface area contributed by atoms with Crippen molar-refractivity contribution < 1.29 is 43.3 Å². The third kappa shape index (κ3) is 23.2. The van der Waals surface area contributed by atoms with Crippen molar-refractivity contribution in [2.75, 3.05) is 19.6 Å². The zero-order chi connectivity index (χ0) is 41.7. The maximum absolute atomic E-state index is 13.4. The lowest BCUT2D eigenvalue weighted by molar-refractivity contribution is -0.136. The molecule has 6 N–H and O–H groups in total. The van der Waals surface area contributed by atoms with Crippen LogP contribution in [0.3, 0.4) is 0 Å².